The Labute approximate surface area is 366 Å². The van der Waals surface area contributed by atoms with Gasteiger partial charge in [0.05, 0.1) is 11.8 Å². The molecule has 0 N–H and O–H groups in total. The second kappa shape index (κ2) is 14.9. The molecule has 0 aromatic heterocycles. The van der Waals surface area contributed by atoms with Gasteiger partial charge >= 0.3 is 11.9 Å². The normalized spacial score (nSPS) is 35.9. The average molecular weight is 844 g/mol. The molecule has 0 heterocycles. The van der Waals surface area contributed by atoms with Gasteiger partial charge in [0.25, 0.3) is 0 Å². The molecule has 0 saturated heterocycles. The van der Waals surface area contributed by atoms with Crippen molar-refractivity contribution >= 4 is 35.1 Å². The Morgan fingerprint density at radius 1 is 0.833 bits per heavy atom. The SMILES string of the molecule is C/C(=C\[C@@]12CC[C@]3(C)[C@H](CC[C@@H]4[C@@]5(C)CC[C@H](OC(=O)CC(C)(C)C(=O)OC(C)(C)C)C(C)(C)[C@@H]5CC[C@]43C)C1=C(C(C)C)C(=O)C2)C(=O)CC1(c2ccc(Cl)cc2)CC1. The molecule has 7 heteroatoms. The second-order valence-electron chi connectivity index (χ2n) is 24.0. The highest BCUT2D eigenvalue weighted by Gasteiger charge is 2.70. The predicted octanol–water partition coefficient (Wildman–Crippen LogP) is 12.9. The number of hydrogen-bond acceptors (Lipinski definition) is 6. The number of carbonyl (C=O) groups is 4. The Kier molecular flexibility index (Phi) is 11.3. The molecule has 0 amide bonds. The van der Waals surface area contributed by atoms with E-state index in [0.717, 1.165) is 75.4 Å². The number of Topliss-reactive ketones (excluding diaryl/α,β-unsaturated/α-hetero) is 2. The van der Waals surface area contributed by atoms with Crippen LogP contribution in [0.4, 0.5) is 0 Å². The van der Waals surface area contributed by atoms with Crippen molar-refractivity contribution in [2.75, 3.05) is 0 Å². The molecule has 60 heavy (non-hydrogen) atoms. The molecule has 330 valence electrons. The molecule has 6 aliphatic rings. The van der Waals surface area contributed by atoms with Gasteiger partial charge in [0, 0.05) is 34.1 Å². The summed E-state index contributed by atoms with van der Waals surface area (Å²) in [5, 5.41) is 0.713. The maximum atomic E-state index is 14.3. The number of carbonyl (C=O) groups excluding carboxylic acids is 4. The van der Waals surface area contributed by atoms with Gasteiger partial charge in [-0.25, -0.2) is 0 Å². The van der Waals surface area contributed by atoms with Crippen LogP contribution in [0.2, 0.25) is 5.02 Å². The van der Waals surface area contributed by atoms with Crippen LogP contribution in [0, 0.1) is 56.2 Å². The van der Waals surface area contributed by atoms with E-state index in [2.05, 4.69) is 66.7 Å². The van der Waals surface area contributed by atoms with Crippen LogP contribution in [0.3, 0.4) is 0 Å². The number of fused-ring (bicyclic) bond motifs is 7. The van der Waals surface area contributed by atoms with Gasteiger partial charge in [-0.05, 0) is 180 Å². The van der Waals surface area contributed by atoms with Crippen molar-refractivity contribution in [3.05, 3.63) is 57.6 Å². The summed E-state index contributed by atoms with van der Waals surface area (Å²) in [6, 6.07) is 8.02. The molecule has 8 atom stereocenters. The number of benzene rings is 1. The number of esters is 2. The fourth-order valence-corrected chi connectivity index (χ4v) is 14.7. The second-order valence-corrected chi connectivity index (χ2v) is 24.4. The molecule has 0 unspecified atom stereocenters. The quantitative estimate of drug-likeness (QED) is 0.172. The molecule has 0 spiro atoms. The monoisotopic (exact) mass is 843 g/mol. The minimum atomic E-state index is -0.980. The van der Waals surface area contributed by atoms with Crippen LogP contribution in [0.15, 0.2) is 47.1 Å². The van der Waals surface area contributed by atoms with E-state index in [1.807, 2.05) is 39.8 Å². The molecule has 1 aromatic carbocycles. The first-order valence-electron chi connectivity index (χ1n) is 23.3. The molecule has 5 fully saturated rings. The smallest absolute Gasteiger partial charge is 0.312 e. The summed E-state index contributed by atoms with van der Waals surface area (Å²) in [6.45, 7) is 27.8. The van der Waals surface area contributed by atoms with Crippen molar-refractivity contribution in [2.24, 2.45) is 56.2 Å². The lowest BCUT2D eigenvalue weighted by Gasteiger charge is -2.72. The molecular formula is C53H75ClO6. The van der Waals surface area contributed by atoms with E-state index in [4.69, 9.17) is 21.1 Å². The molecule has 7 rings (SSSR count). The molecule has 6 nitrogen and oxygen atoms in total. The van der Waals surface area contributed by atoms with E-state index in [-0.39, 0.29) is 74.9 Å². The van der Waals surface area contributed by atoms with Crippen molar-refractivity contribution in [1.82, 2.24) is 0 Å². The molecule has 1 aromatic rings. The topological polar surface area (TPSA) is 86.7 Å². The number of hydrogen-bond donors (Lipinski definition) is 0. The third-order valence-corrected chi connectivity index (χ3v) is 18.2. The Morgan fingerprint density at radius 2 is 1.48 bits per heavy atom. The Balaban J connectivity index is 1.13. The van der Waals surface area contributed by atoms with Gasteiger partial charge < -0.3 is 9.47 Å². The Bertz CT molecular complexity index is 1990. The van der Waals surface area contributed by atoms with Gasteiger partial charge in [-0.3, -0.25) is 19.2 Å². The lowest BCUT2D eigenvalue weighted by atomic mass is 9.33. The number of ether oxygens (including phenoxy) is 2. The molecule has 6 aliphatic carbocycles. The third kappa shape index (κ3) is 7.40. The zero-order valence-corrected chi connectivity index (χ0v) is 40.0. The van der Waals surface area contributed by atoms with Crippen molar-refractivity contribution in [3.63, 3.8) is 0 Å². The van der Waals surface area contributed by atoms with Crippen LogP contribution in [0.25, 0.3) is 0 Å². The first-order chi connectivity index (χ1) is 27.6. The first kappa shape index (κ1) is 45.3. The van der Waals surface area contributed by atoms with E-state index in [1.54, 1.807) is 13.8 Å². The molecule has 0 bridgehead atoms. The number of rotatable bonds is 10. The zero-order chi connectivity index (χ0) is 44.2. The Hall–Kier alpha value is -2.73. The third-order valence-electron chi connectivity index (χ3n) is 18.0. The van der Waals surface area contributed by atoms with Crippen LogP contribution >= 0.6 is 11.6 Å². The largest absolute Gasteiger partial charge is 0.462 e. The minimum Gasteiger partial charge on any atom is -0.462 e. The summed E-state index contributed by atoms with van der Waals surface area (Å²) < 4.78 is 12.0. The summed E-state index contributed by atoms with van der Waals surface area (Å²) in [5.74, 6) is 1.08. The van der Waals surface area contributed by atoms with E-state index in [9.17, 15) is 19.2 Å². The number of halogens is 1. The van der Waals surface area contributed by atoms with E-state index in [1.165, 1.54) is 11.1 Å². The molecule has 0 aliphatic heterocycles. The molecular weight excluding hydrogens is 768 g/mol. The lowest BCUT2D eigenvalue weighted by Crippen LogP contribution is -2.65. The minimum absolute atomic E-state index is 0.00655. The zero-order valence-electron chi connectivity index (χ0n) is 39.3. The van der Waals surface area contributed by atoms with Crippen molar-refractivity contribution < 1.29 is 28.7 Å². The van der Waals surface area contributed by atoms with Gasteiger partial charge in [-0.2, -0.15) is 0 Å². The van der Waals surface area contributed by atoms with E-state index >= 15 is 0 Å². The van der Waals surface area contributed by atoms with Crippen LogP contribution in [0.1, 0.15) is 179 Å². The highest BCUT2D eigenvalue weighted by molar-refractivity contribution is 6.30. The summed E-state index contributed by atoms with van der Waals surface area (Å²) in [7, 11) is 0. The van der Waals surface area contributed by atoms with Crippen LogP contribution in [0.5, 0.6) is 0 Å². The maximum Gasteiger partial charge on any atom is 0.312 e. The molecule has 5 saturated carbocycles. The summed E-state index contributed by atoms with van der Waals surface area (Å²) in [5.41, 5.74) is 2.23. The lowest BCUT2D eigenvalue weighted by molar-refractivity contribution is -0.232. The summed E-state index contributed by atoms with van der Waals surface area (Å²) >= 11 is 6.22. The fraction of sp³-hybridized carbons (Fsp3) is 0.736. The summed E-state index contributed by atoms with van der Waals surface area (Å²) in [6.07, 6.45) is 13.1. The maximum absolute atomic E-state index is 14.3. The number of allylic oxidation sites excluding steroid dienone is 4. The van der Waals surface area contributed by atoms with Gasteiger partial charge in [0.15, 0.2) is 11.6 Å². The standard InChI is InChI=1S/C53H75ClO6/c1-32(2)43-38(56)30-53(28-33(3)37(55)29-52(26-27-52)34-14-16-35(54)17-15-34)25-24-50(12)36(44(43)53)18-19-40-49(11)22-21-41(48(9,10)39(49)20-23-51(40,50)13)59-42(57)31-47(7,8)45(58)60-46(4,5)6/h14-17,28,32,36,39-41H,18-27,29-31H2,1-13H3/b33-28+/t36-,39+,40-,41+,49+,50-,51-,53-/m1/s1. The fourth-order valence-electron chi connectivity index (χ4n) is 14.5. The van der Waals surface area contributed by atoms with Crippen LogP contribution < -0.4 is 0 Å². The predicted molar refractivity (Wildman–Crippen MR) is 239 cm³/mol. The van der Waals surface area contributed by atoms with Crippen molar-refractivity contribution in [2.45, 2.75) is 191 Å². The molecule has 0 radical (unpaired) electrons. The van der Waals surface area contributed by atoms with Gasteiger partial charge in [0.2, 0.25) is 0 Å². The van der Waals surface area contributed by atoms with Gasteiger partial charge in [0.1, 0.15) is 11.7 Å². The van der Waals surface area contributed by atoms with Gasteiger partial charge in [-0.1, -0.05) is 78.3 Å². The van der Waals surface area contributed by atoms with E-state index < -0.39 is 16.4 Å². The highest BCUT2D eigenvalue weighted by Crippen LogP contribution is 2.77. The first-order valence-corrected chi connectivity index (χ1v) is 23.7. The Morgan fingerprint density at radius 3 is 2.08 bits per heavy atom. The summed E-state index contributed by atoms with van der Waals surface area (Å²) in [4.78, 5) is 55.0. The number of ketones is 2. The van der Waals surface area contributed by atoms with Crippen molar-refractivity contribution in [3.8, 4) is 0 Å². The highest BCUT2D eigenvalue weighted by atomic mass is 35.5. The van der Waals surface area contributed by atoms with Gasteiger partial charge in [-0.15, -0.1) is 0 Å². The van der Waals surface area contributed by atoms with Crippen molar-refractivity contribution in [1.29, 1.82) is 0 Å². The van der Waals surface area contributed by atoms with E-state index in [0.29, 0.717) is 29.7 Å². The average Bonchev–Trinajstić information content (AvgIpc) is 3.84. The van der Waals surface area contributed by atoms with Crippen LogP contribution in [-0.4, -0.2) is 35.2 Å². The van der Waals surface area contributed by atoms with Crippen LogP contribution in [-0.2, 0) is 34.1 Å².